The summed E-state index contributed by atoms with van der Waals surface area (Å²) in [6.45, 7) is 2.77. The van der Waals surface area contributed by atoms with Crippen molar-refractivity contribution < 1.29 is 9.47 Å². The van der Waals surface area contributed by atoms with Gasteiger partial charge in [0.25, 0.3) is 0 Å². The molecule has 4 heteroatoms. The minimum atomic E-state index is -0.465. The molecule has 1 atom stereocenters. The van der Waals surface area contributed by atoms with Crippen LogP contribution in [-0.4, -0.2) is 24.5 Å². The number of rotatable bonds is 6. The minimum absolute atomic E-state index is 0.465. The molecule has 4 aromatic rings. The SMILES string of the molecule is CCCC1(c2ccccc2)CN=C(c2c(OC)c(-c3ccccc3)nc3ccccc23)O1. The molecule has 1 aliphatic rings. The van der Waals surface area contributed by atoms with Gasteiger partial charge < -0.3 is 9.47 Å². The predicted molar refractivity (Wildman–Crippen MR) is 129 cm³/mol. The quantitative estimate of drug-likeness (QED) is 0.362. The van der Waals surface area contributed by atoms with E-state index >= 15 is 0 Å². The van der Waals surface area contributed by atoms with Crippen molar-refractivity contribution in [2.24, 2.45) is 4.99 Å². The fourth-order valence-corrected chi connectivity index (χ4v) is 4.55. The minimum Gasteiger partial charge on any atom is -0.494 e. The second kappa shape index (κ2) is 8.46. The summed E-state index contributed by atoms with van der Waals surface area (Å²) >= 11 is 0. The molecular weight excluding hydrogens is 396 g/mol. The molecule has 1 aromatic heterocycles. The third-order valence-corrected chi connectivity index (χ3v) is 6.04. The smallest absolute Gasteiger partial charge is 0.221 e. The number of pyridine rings is 1. The molecule has 0 N–H and O–H groups in total. The number of hydrogen-bond donors (Lipinski definition) is 0. The van der Waals surface area contributed by atoms with E-state index in [0.29, 0.717) is 18.2 Å². The zero-order valence-electron chi connectivity index (χ0n) is 18.4. The molecule has 0 radical (unpaired) electrons. The highest BCUT2D eigenvalue weighted by Gasteiger charge is 2.41. The van der Waals surface area contributed by atoms with Gasteiger partial charge in [-0.3, -0.25) is 0 Å². The number of nitrogens with zero attached hydrogens (tertiary/aromatic N) is 2. The van der Waals surface area contributed by atoms with Gasteiger partial charge in [0, 0.05) is 10.9 Å². The lowest BCUT2D eigenvalue weighted by molar-refractivity contribution is 0.0751. The van der Waals surface area contributed by atoms with E-state index in [0.717, 1.165) is 46.1 Å². The Labute approximate surface area is 188 Å². The Balaban J connectivity index is 1.69. The van der Waals surface area contributed by atoms with Crippen LogP contribution in [0.5, 0.6) is 5.75 Å². The van der Waals surface area contributed by atoms with Crippen molar-refractivity contribution in [3.8, 4) is 17.0 Å². The van der Waals surface area contributed by atoms with E-state index in [-0.39, 0.29) is 0 Å². The normalized spacial score (nSPS) is 17.8. The number of benzene rings is 3. The molecule has 0 aliphatic carbocycles. The molecule has 160 valence electrons. The monoisotopic (exact) mass is 422 g/mol. The van der Waals surface area contributed by atoms with Crippen molar-refractivity contribution in [3.63, 3.8) is 0 Å². The van der Waals surface area contributed by atoms with E-state index < -0.39 is 5.60 Å². The van der Waals surface area contributed by atoms with E-state index in [4.69, 9.17) is 19.5 Å². The van der Waals surface area contributed by atoms with Gasteiger partial charge in [-0.1, -0.05) is 92.2 Å². The van der Waals surface area contributed by atoms with E-state index in [1.165, 1.54) is 0 Å². The van der Waals surface area contributed by atoms with E-state index in [9.17, 15) is 0 Å². The lowest BCUT2D eigenvalue weighted by atomic mass is 9.89. The fraction of sp³-hybridized carbons (Fsp3) is 0.214. The van der Waals surface area contributed by atoms with Crippen molar-refractivity contribution >= 4 is 16.8 Å². The molecule has 4 nitrogen and oxygen atoms in total. The standard InChI is InChI=1S/C28H26N2O2/c1-3-18-28(21-14-8-5-9-15-21)19-29-27(32-28)24-22-16-10-11-17-23(22)30-25(26(24)31-2)20-12-6-4-7-13-20/h4-17H,3,18-19H2,1-2H3. The van der Waals surface area contributed by atoms with Crippen molar-refractivity contribution in [1.82, 2.24) is 4.98 Å². The van der Waals surface area contributed by atoms with Crippen LogP contribution in [0.4, 0.5) is 0 Å². The van der Waals surface area contributed by atoms with Gasteiger partial charge in [0.15, 0.2) is 11.4 Å². The molecule has 5 rings (SSSR count). The largest absolute Gasteiger partial charge is 0.494 e. The summed E-state index contributed by atoms with van der Waals surface area (Å²) in [5.74, 6) is 1.31. The zero-order valence-corrected chi connectivity index (χ0v) is 18.4. The van der Waals surface area contributed by atoms with Gasteiger partial charge in [0.1, 0.15) is 5.69 Å². The van der Waals surface area contributed by atoms with Crippen LogP contribution in [0.2, 0.25) is 0 Å². The van der Waals surface area contributed by atoms with Crippen LogP contribution >= 0.6 is 0 Å². The Morgan fingerprint density at radius 2 is 1.59 bits per heavy atom. The summed E-state index contributed by atoms with van der Waals surface area (Å²) in [5, 5.41) is 0.975. The van der Waals surface area contributed by atoms with Crippen LogP contribution in [0.25, 0.3) is 22.2 Å². The lowest BCUT2D eigenvalue weighted by Gasteiger charge is -2.29. The van der Waals surface area contributed by atoms with Gasteiger partial charge >= 0.3 is 0 Å². The van der Waals surface area contributed by atoms with Crippen LogP contribution in [0.3, 0.4) is 0 Å². The van der Waals surface area contributed by atoms with Gasteiger partial charge in [0.05, 0.1) is 24.7 Å². The van der Waals surface area contributed by atoms with Gasteiger partial charge in [-0.05, 0) is 18.1 Å². The van der Waals surface area contributed by atoms with Crippen molar-refractivity contribution in [3.05, 3.63) is 96.1 Å². The number of aromatic nitrogens is 1. The summed E-state index contributed by atoms with van der Waals surface area (Å²) in [4.78, 5) is 9.88. The maximum Gasteiger partial charge on any atom is 0.221 e. The Morgan fingerprint density at radius 3 is 2.31 bits per heavy atom. The van der Waals surface area contributed by atoms with Crippen LogP contribution in [0, 0.1) is 0 Å². The average molecular weight is 423 g/mol. The second-order valence-corrected chi connectivity index (χ2v) is 8.09. The third-order valence-electron chi connectivity index (χ3n) is 6.04. The number of para-hydroxylation sites is 1. The first-order valence-corrected chi connectivity index (χ1v) is 11.1. The molecule has 0 saturated carbocycles. The molecule has 32 heavy (non-hydrogen) atoms. The Hall–Kier alpha value is -3.66. The summed E-state index contributed by atoms with van der Waals surface area (Å²) < 4.78 is 12.7. The maximum absolute atomic E-state index is 6.75. The summed E-state index contributed by atoms with van der Waals surface area (Å²) in [6.07, 6.45) is 1.89. The molecule has 0 bridgehead atoms. The molecule has 0 spiro atoms. The highest BCUT2D eigenvalue weighted by atomic mass is 16.5. The van der Waals surface area contributed by atoms with E-state index in [2.05, 4.69) is 37.3 Å². The third kappa shape index (κ3) is 3.42. The van der Waals surface area contributed by atoms with Crippen LogP contribution < -0.4 is 4.74 Å². The highest BCUT2D eigenvalue weighted by Crippen LogP contribution is 2.42. The van der Waals surface area contributed by atoms with Crippen molar-refractivity contribution in [2.75, 3.05) is 13.7 Å². The molecule has 3 aromatic carbocycles. The number of hydrogen-bond acceptors (Lipinski definition) is 4. The van der Waals surface area contributed by atoms with Gasteiger partial charge in [-0.25, -0.2) is 9.98 Å². The molecule has 2 heterocycles. The topological polar surface area (TPSA) is 43.7 Å². The number of methoxy groups -OCH3 is 1. The predicted octanol–water partition coefficient (Wildman–Crippen LogP) is 6.38. The highest BCUT2D eigenvalue weighted by molar-refractivity contribution is 6.11. The molecular formula is C28H26N2O2. The first kappa shape index (κ1) is 20.3. The number of fused-ring (bicyclic) bond motifs is 1. The van der Waals surface area contributed by atoms with Crippen LogP contribution in [0.15, 0.2) is 89.9 Å². The van der Waals surface area contributed by atoms with Crippen molar-refractivity contribution in [1.29, 1.82) is 0 Å². The summed E-state index contributed by atoms with van der Waals surface area (Å²) in [7, 11) is 1.69. The van der Waals surface area contributed by atoms with Crippen molar-refractivity contribution in [2.45, 2.75) is 25.4 Å². The Kier molecular flexibility index (Phi) is 5.36. The molecule has 0 amide bonds. The Bertz CT molecular complexity index is 1270. The van der Waals surface area contributed by atoms with Gasteiger partial charge in [-0.2, -0.15) is 0 Å². The number of aliphatic imine (C=N–C) groups is 1. The average Bonchev–Trinajstić information content (AvgIpc) is 3.29. The maximum atomic E-state index is 6.75. The van der Waals surface area contributed by atoms with Gasteiger partial charge in [0.2, 0.25) is 5.90 Å². The van der Waals surface area contributed by atoms with Gasteiger partial charge in [-0.15, -0.1) is 0 Å². The molecule has 1 unspecified atom stereocenters. The first-order valence-electron chi connectivity index (χ1n) is 11.1. The first-order chi connectivity index (χ1) is 15.8. The van der Waals surface area contributed by atoms with Crippen LogP contribution in [0.1, 0.15) is 30.9 Å². The fourth-order valence-electron chi connectivity index (χ4n) is 4.55. The molecule has 0 saturated heterocycles. The van der Waals surface area contributed by atoms with E-state index in [1.54, 1.807) is 7.11 Å². The second-order valence-electron chi connectivity index (χ2n) is 8.09. The Morgan fingerprint density at radius 1 is 0.906 bits per heavy atom. The van der Waals surface area contributed by atoms with E-state index in [1.807, 2.05) is 54.6 Å². The lowest BCUT2D eigenvalue weighted by Crippen LogP contribution is -2.30. The molecule has 1 aliphatic heterocycles. The number of ether oxygens (including phenoxy) is 2. The zero-order chi connectivity index (χ0) is 22.0. The summed E-state index contributed by atoms with van der Waals surface area (Å²) in [5.41, 5.74) is 4.24. The summed E-state index contributed by atoms with van der Waals surface area (Å²) in [6, 6.07) is 28.6. The molecule has 0 fully saturated rings. The van der Waals surface area contributed by atoms with Crippen LogP contribution in [-0.2, 0) is 10.3 Å².